The highest BCUT2D eigenvalue weighted by Crippen LogP contribution is 2.24. The molecular weight excluding hydrogens is 336 g/mol. The van der Waals surface area contributed by atoms with Gasteiger partial charge in [0.15, 0.2) is 5.69 Å². The van der Waals surface area contributed by atoms with Crippen molar-refractivity contribution in [1.82, 2.24) is 9.97 Å². The Morgan fingerprint density at radius 3 is 2.31 bits per heavy atom. The molecule has 1 amide bonds. The van der Waals surface area contributed by atoms with Crippen LogP contribution in [0.15, 0.2) is 48.5 Å². The fourth-order valence-electron chi connectivity index (χ4n) is 2.46. The molecule has 0 saturated carbocycles. The highest BCUT2D eigenvalue weighted by molar-refractivity contribution is 6.06. The number of nitrogens with two attached hydrogens (primary N) is 1. The second-order valence-electron chi connectivity index (χ2n) is 5.68. The third-order valence-electron chi connectivity index (χ3n) is 3.85. The number of benzene rings is 2. The van der Waals surface area contributed by atoms with Crippen molar-refractivity contribution in [3.63, 3.8) is 0 Å². The van der Waals surface area contributed by atoms with Crippen molar-refractivity contribution in [2.75, 3.05) is 17.7 Å². The van der Waals surface area contributed by atoms with Crippen molar-refractivity contribution in [3.8, 4) is 0 Å². The van der Waals surface area contributed by atoms with E-state index in [4.69, 9.17) is 10.8 Å². The van der Waals surface area contributed by atoms with E-state index in [1.54, 1.807) is 48.5 Å². The maximum absolute atomic E-state index is 12.7. The molecule has 0 saturated heterocycles. The van der Waals surface area contributed by atoms with E-state index < -0.39 is 24.7 Å². The van der Waals surface area contributed by atoms with Gasteiger partial charge in [-0.2, -0.15) is 0 Å². The molecule has 0 unspecified atom stereocenters. The highest BCUT2D eigenvalue weighted by atomic mass is 16.4. The molecule has 0 spiro atoms. The summed E-state index contributed by atoms with van der Waals surface area (Å²) >= 11 is 0. The van der Waals surface area contributed by atoms with Crippen LogP contribution in [0.1, 0.15) is 22.3 Å². The number of fused-ring (bicyclic) bond motifs is 1. The largest absolute Gasteiger partial charge is 0.397 e. The molecule has 0 bridgehead atoms. The van der Waals surface area contributed by atoms with E-state index in [1.807, 2.05) is 0 Å². The minimum absolute atomic E-state index is 0.128. The summed E-state index contributed by atoms with van der Waals surface area (Å²) in [5.74, 6) is -0.639. The van der Waals surface area contributed by atoms with Gasteiger partial charge in [-0.25, -0.2) is 9.97 Å². The van der Waals surface area contributed by atoms with Gasteiger partial charge in [-0.1, -0.05) is 24.3 Å². The molecule has 1 aromatic heterocycles. The van der Waals surface area contributed by atoms with Gasteiger partial charge < -0.3 is 26.4 Å². The lowest BCUT2D eigenvalue weighted by molar-refractivity contribution is -0.0176. The van der Waals surface area contributed by atoms with Crippen molar-refractivity contribution in [2.45, 2.75) is 12.2 Å². The van der Waals surface area contributed by atoms with Crippen molar-refractivity contribution in [3.05, 3.63) is 59.9 Å². The number of aliphatic hydroxyl groups is 3. The van der Waals surface area contributed by atoms with E-state index in [0.717, 1.165) is 0 Å². The van der Waals surface area contributed by atoms with Gasteiger partial charge in [-0.15, -0.1) is 0 Å². The Balaban J connectivity index is 2.07. The number of aliphatic hydroxyl groups excluding tert-OH is 3. The van der Waals surface area contributed by atoms with Crippen LogP contribution in [0, 0.1) is 0 Å². The first-order chi connectivity index (χ1) is 12.5. The first kappa shape index (κ1) is 17.7. The van der Waals surface area contributed by atoms with Gasteiger partial charge in [-0.3, -0.25) is 4.79 Å². The fourth-order valence-corrected chi connectivity index (χ4v) is 2.46. The van der Waals surface area contributed by atoms with Crippen molar-refractivity contribution in [1.29, 1.82) is 0 Å². The second kappa shape index (κ2) is 7.44. The van der Waals surface area contributed by atoms with E-state index in [2.05, 4.69) is 15.3 Å². The van der Waals surface area contributed by atoms with E-state index in [1.165, 1.54) is 0 Å². The molecule has 8 nitrogen and oxygen atoms in total. The summed E-state index contributed by atoms with van der Waals surface area (Å²) < 4.78 is 0. The number of anilines is 2. The number of hydrogen-bond donors (Lipinski definition) is 5. The van der Waals surface area contributed by atoms with Crippen LogP contribution < -0.4 is 11.1 Å². The third-order valence-corrected chi connectivity index (χ3v) is 3.85. The number of amides is 1. The van der Waals surface area contributed by atoms with Crippen LogP contribution in [0.4, 0.5) is 11.4 Å². The molecule has 6 N–H and O–H groups in total. The molecule has 2 atom stereocenters. The van der Waals surface area contributed by atoms with Crippen LogP contribution in [-0.4, -0.2) is 43.9 Å². The maximum Gasteiger partial charge on any atom is 0.276 e. The topological polar surface area (TPSA) is 142 Å². The molecule has 8 heteroatoms. The van der Waals surface area contributed by atoms with Gasteiger partial charge >= 0.3 is 0 Å². The molecule has 26 heavy (non-hydrogen) atoms. The molecule has 3 rings (SSSR count). The Hall–Kier alpha value is -3.07. The summed E-state index contributed by atoms with van der Waals surface area (Å²) in [6.07, 6.45) is -3.08. The van der Waals surface area contributed by atoms with Gasteiger partial charge in [0, 0.05) is 0 Å². The molecule has 134 valence electrons. The molecule has 0 fully saturated rings. The molecule has 2 aromatic carbocycles. The van der Waals surface area contributed by atoms with Crippen LogP contribution >= 0.6 is 0 Å². The van der Waals surface area contributed by atoms with Gasteiger partial charge in [0.05, 0.1) is 29.0 Å². The summed E-state index contributed by atoms with van der Waals surface area (Å²) in [4.78, 5) is 21.2. The second-order valence-corrected chi connectivity index (χ2v) is 5.68. The summed E-state index contributed by atoms with van der Waals surface area (Å²) in [6, 6.07) is 13.5. The molecular formula is C18H18N4O4. The van der Waals surface area contributed by atoms with E-state index in [-0.39, 0.29) is 11.4 Å². The Bertz CT molecular complexity index is 947. The highest BCUT2D eigenvalue weighted by Gasteiger charge is 2.27. The van der Waals surface area contributed by atoms with Crippen LogP contribution in [0.5, 0.6) is 0 Å². The van der Waals surface area contributed by atoms with Crippen LogP contribution in [0.3, 0.4) is 0 Å². The Kier molecular flexibility index (Phi) is 5.08. The SMILES string of the molecule is Nc1ccccc1NC(=O)c1nc2ccccc2nc1[C@H](O)[C@H](O)CO. The summed E-state index contributed by atoms with van der Waals surface area (Å²) in [6.45, 7) is -0.692. The summed E-state index contributed by atoms with van der Waals surface area (Å²) in [5.41, 5.74) is 7.20. The number of aromatic nitrogens is 2. The van der Waals surface area contributed by atoms with Gasteiger partial charge in [0.2, 0.25) is 0 Å². The zero-order valence-corrected chi connectivity index (χ0v) is 13.7. The Morgan fingerprint density at radius 1 is 1.04 bits per heavy atom. The number of nitrogen functional groups attached to an aromatic ring is 1. The number of para-hydroxylation sites is 4. The van der Waals surface area contributed by atoms with Crippen molar-refractivity contribution >= 4 is 28.3 Å². The lowest BCUT2D eigenvalue weighted by Gasteiger charge is -2.18. The fraction of sp³-hybridized carbons (Fsp3) is 0.167. The van der Waals surface area contributed by atoms with Gasteiger partial charge in [0.1, 0.15) is 17.9 Å². The predicted octanol–water partition coefficient (Wildman–Crippen LogP) is 0.851. The standard InChI is InChI=1S/C18H18N4O4/c19-10-5-1-2-6-11(10)22-18(26)16-15(17(25)14(24)9-23)20-12-7-3-4-8-13(12)21-16/h1-8,14,17,23-25H,9,19H2,(H,22,26)/t14-,17-/m1/s1. The molecule has 3 aromatic rings. The molecule has 0 aliphatic heterocycles. The van der Waals surface area contributed by atoms with Crippen molar-refractivity contribution < 1.29 is 20.1 Å². The molecule has 0 radical (unpaired) electrons. The summed E-state index contributed by atoms with van der Waals surface area (Å²) in [7, 11) is 0. The molecule has 1 heterocycles. The maximum atomic E-state index is 12.7. The Labute approximate surface area is 149 Å². The minimum Gasteiger partial charge on any atom is -0.397 e. The minimum atomic E-state index is -1.58. The van der Waals surface area contributed by atoms with Crippen LogP contribution in [0.2, 0.25) is 0 Å². The third kappa shape index (κ3) is 3.47. The lowest BCUT2D eigenvalue weighted by atomic mass is 10.1. The van der Waals surface area contributed by atoms with Gasteiger partial charge in [-0.05, 0) is 24.3 Å². The van der Waals surface area contributed by atoms with E-state index in [0.29, 0.717) is 22.4 Å². The van der Waals surface area contributed by atoms with Crippen LogP contribution in [-0.2, 0) is 0 Å². The zero-order valence-electron chi connectivity index (χ0n) is 13.7. The number of nitrogens with zero attached hydrogens (tertiary/aromatic N) is 2. The van der Waals surface area contributed by atoms with E-state index in [9.17, 15) is 15.0 Å². The number of carbonyl (C=O) groups excluding carboxylic acids is 1. The molecule has 0 aliphatic rings. The number of rotatable bonds is 5. The number of nitrogens with one attached hydrogen (secondary N) is 1. The smallest absolute Gasteiger partial charge is 0.276 e. The first-order valence-electron chi connectivity index (χ1n) is 7.90. The average Bonchev–Trinajstić information content (AvgIpc) is 2.67. The van der Waals surface area contributed by atoms with Gasteiger partial charge in [0.25, 0.3) is 5.91 Å². The van der Waals surface area contributed by atoms with Crippen LogP contribution in [0.25, 0.3) is 11.0 Å². The van der Waals surface area contributed by atoms with Crippen molar-refractivity contribution in [2.24, 2.45) is 0 Å². The van der Waals surface area contributed by atoms with E-state index >= 15 is 0 Å². The Morgan fingerprint density at radius 2 is 1.65 bits per heavy atom. The summed E-state index contributed by atoms with van der Waals surface area (Å²) in [5, 5.41) is 31.8. The molecule has 0 aliphatic carbocycles. The average molecular weight is 354 g/mol. The quantitative estimate of drug-likeness (QED) is 0.428. The monoisotopic (exact) mass is 354 g/mol. The number of carbonyl (C=O) groups is 1. The number of hydrogen-bond acceptors (Lipinski definition) is 7. The normalized spacial score (nSPS) is 13.3. The predicted molar refractivity (Wildman–Crippen MR) is 96.4 cm³/mol. The first-order valence-corrected chi connectivity index (χ1v) is 7.90. The lowest BCUT2D eigenvalue weighted by Crippen LogP contribution is -2.27. The zero-order chi connectivity index (χ0) is 18.7.